The maximum atomic E-state index is 6.04. The van der Waals surface area contributed by atoms with Gasteiger partial charge in [0.05, 0.1) is 0 Å². The lowest BCUT2D eigenvalue weighted by molar-refractivity contribution is 0.637. The Balaban J connectivity index is 2.87. The van der Waals surface area contributed by atoms with Gasteiger partial charge in [-0.2, -0.15) is 0 Å². The molecule has 0 aliphatic heterocycles. The summed E-state index contributed by atoms with van der Waals surface area (Å²) in [6.45, 7) is 6.41. The predicted molar refractivity (Wildman–Crippen MR) is 57.8 cm³/mol. The Kier molecular flexibility index (Phi) is 3.49. The van der Waals surface area contributed by atoms with Crippen LogP contribution in [-0.4, -0.2) is 0 Å². The second kappa shape index (κ2) is 4.43. The minimum Gasteiger partial charge on any atom is -0.324 e. The molecule has 1 aromatic carbocycles. The van der Waals surface area contributed by atoms with Crippen LogP contribution >= 0.6 is 0 Å². The van der Waals surface area contributed by atoms with Gasteiger partial charge in [0.15, 0.2) is 0 Å². The summed E-state index contributed by atoms with van der Waals surface area (Å²) in [5, 5.41) is 0. The van der Waals surface area contributed by atoms with Gasteiger partial charge in [-0.25, -0.2) is 0 Å². The zero-order chi connectivity index (χ0) is 9.84. The number of rotatable bonds is 3. The third-order valence-corrected chi connectivity index (χ3v) is 2.27. The Bertz CT molecular complexity index is 258. The van der Waals surface area contributed by atoms with E-state index in [2.05, 4.69) is 39.0 Å². The molecule has 72 valence electrons. The van der Waals surface area contributed by atoms with E-state index >= 15 is 0 Å². The van der Waals surface area contributed by atoms with Gasteiger partial charge >= 0.3 is 0 Å². The molecule has 0 fully saturated rings. The number of nitrogens with two attached hydrogens (primary N) is 1. The molecule has 1 nitrogen and oxygen atoms in total. The van der Waals surface area contributed by atoms with Crippen molar-refractivity contribution in [2.75, 3.05) is 0 Å². The van der Waals surface area contributed by atoms with Crippen molar-refractivity contribution in [2.45, 2.75) is 39.7 Å². The van der Waals surface area contributed by atoms with Gasteiger partial charge in [-0.05, 0) is 25.8 Å². The molecule has 0 spiro atoms. The molecule has 0 radical (unpaired) electrons. The van der Waals surface area contributed by atoms with Crippen LogP contribution in [0.25, 0.3) is 0 Å². The van der Waals surface area contributed by atoms with E-state index in [0.29, 0.717) is 0 Å². The number of aryl methyl sites for hydroxylation is 2. The van der Waals surface area contributed by atoms with Crippen LogP contribution in [0, 0.1) is 13.8 Å². The average molecular weight is 177 g/mol. The SMILES string of the molecule is CCC[C@@H](N)c1cc(C)cc(C)c1. The molecule has 1 heteroatoms. The van der Waals surface area contributed by atoms with Crippen molar-refractivity contribution >= 4 is 0 Å². The van der Waals surface area contributed by atoms with Crippen molar-refractivity contribution in [3.05, 3.63) is 34.9 Å². The van der Waals surface area contributed by atoms with Crippen LogP contribution < -0.4 is 5.73 Å². The molecule has 0 aliphatic rings. The van der Waals surface area contributed by atoms with Crippen molar-refractivity contribution < 1.29 is 0 Å². The third-order valence-electron chi connectivity index (χ3n) is 2.27. The highest BCUT2D eigenvalue weighted by Gasteiger charge is 2.04. The summed E-state index contributed by atoms with van der Waals surface area (Å²) >= 11 is 0. The Morgan fingerprint density at radius 1 is 1.15 bits per heavy atom. The first-order valence-electron chi connectivity index (χ1n) is 4.97. The first-order valence-corrected chi connectivity index (χ1v) is 4.97. The number of hydrogen-bond acceptors (Lipinski definition) is 1. The standard InChI is InChI=1S/C12H19N/c1-4-5-12(13)11-7-9(2)6-10(3)8-11/h6-8,12H,4-5,13H2,1-3H3/t12-/m1/s1. The van der Waals surface area contributed by atoms with Gasteiger partial charge in [0.2, 0.25) is 0 Å². The van der Waals surface area contributed by atoms with Gasteiger partial charge in [-0.3, -0.25) is 0 Å². The second-order valence-electron chi connectivity index (χ2n) is 3.82. The van der Waals surface area contributed by atoms with Crippen molar-refractivity contribution in [1.29, 1.82) is 0 Å². The molecule has 0 bridgehead atoms. The van der Waals surface area contributed by atoms with E-state index in [0.717, 1.165) is 12.8 Å². The van der Waals surface area contributed by atoms with Crippen LogP contribution in [0.5, 0.6) is 0 Å². The zero-order valence-electron chi connectivity index (χ0n) is 8.80. The molecule has 0 saturated heterocycles. The first kappa shape index (κ1) is 10.3. The summed E-state index contributed by atoms with van der Waals surface area (Å²) < 4.78 is 0. The second-order valence-corrected chi connectivity index (χ2v) is 3.82. The zero-order valence-corrected chi connectivity index (χ0v) is 8.80. The van der Waals surface area contributed by atoms with Gasteiger partial charge in [0, 0.05) is 6.04 Å². The highest BCUT2D eigenvalue weighted by Crippen LogP contribution is 2.18. The van der Waals surface area contributed by atoms with Gasteiger partial charge in [-0.15, -0.1) is 0 Å². The minimum atomic E-state index is 0.212. The Morgan fingerprint density at radius 2 is 1.69 bits per heavy atom. The van der Waals surface area contributed by atoms with Gasteiger partial charge in [0.25, 0.3) is 0 Å². The molecule has 0 aliphatic carbocycles. The van der Waals surface area contributed by atoms with Crippen LogP contribution in [0.4, 0.5) is 0 Å². The molecular weight excluding hydrogens is 158 g/mol. The lowest BCUT2D eigenvalue weighted by atomic mass is 9.99. The average Bonchev–Trinajstić information content (AvgIpc) is 2.03. The summed E-state index contributed by atoms with van der Waals surface area (Å²) in [4.78, 5) is 0. The minimum absolute atomic E-state index is 0.212. The van der Waals surface area contributed by atoms with Crippen molar-refractivity contribution in [3.8, 4) is 0 Å². The molecular formula is C12H19N. The summed E-state index contributed by atoms with van der Waals surface area (Å²) in [6.07, 6.45) is 2.22. The van der Waals surface area contributed by atoms with E-state index in [1.165, 1.54) is 16.7 Å². The topological polar surface area (TPSA) is 26.0 Å². The smallest absolute Gasteiger partial charge is 0.0294 e. The maximum absolute atomic E-state index is 6.04. The first-order chi connectivity index (χ1) is 6.13. The van der Waals surface area contributed by atoms with E-state index in [1.54, 1.807) is 0 Å². The van der Waals surface area contributed by atoms with Crippen molar-refractivity contribution in [2.24, 2.45) is 5.73 Å². The lowest BCUT2D eigenvalue weighted by Crippen LogP contribution is -2.10. The summed E-state index contributed by atoms with van der Waals surface area (Å²) in [7, 11) is 0. The summed E-state index contributed by atoms with van der Waals surface area (Å²) in [5.74, 6) is 0. The fraction of sp³-hybridized carbons (Fsp3) is 0.500. The van der Waals surface area contributed by atoms with Crippen LogP contribution in [0.1, 0.15) is 42.5 Å². The van der Waals surface area contributed by atoms with E-state index < -0.39 is 0 Å². The highest BCUT2D eigenvalue weighted by molar-refractivity contribution is 5.30. The maximum Gasteiger partial charge on any atom is 0.0294 e. The summed E-state index contributed by atoms with van der Waals surface area (Å²) in [6, 6.07) is 6.77. The van der Waals surface area contributed by atoms with Crippen LogP contribution in [0.15, 0.2) is 18.2 Å². The lowest BCUT2D eigenvalue weighted by Gasteiger charge is -2.12. The van der Waals surface area contributed by atoms with Crippen molar-refractivity contribution in [3.63, 3.8) is 0 Å². The molecule has 0 amide bonds. The van der Waals surface area contributed by atoms with Crippen LogP contribution in [0.3, 0.4) is 0 Å². The Morgan fingerprint density at radius 3 is 2.15 bits per heavy atom. The van der Waals surface area contributed by atoms with E-state index in [-0.39, 0.29) is 6.04 Å². The van der Waals surface area contributed by atoms with E-state index in [1.807, 2.05) is 0 Å². The van der Waals surface area contributed by atoms with Gasteiger partial charge < -0.3 is 5.73 Å². The summed E-state index contributed by atoms with van der Waals surface area (Å²) in [5.41, 5.74) is 9.93. The largest absolute Gasteiger partial charge is 0.324 e. The fourth-order valence-electron chi connectivity index (χ4n) is 1.70. The van der Waals surface area contributed by atoms with E-state index in [9.17, 15) is 0 Å². The number of benzene rings is 1. The quantitative estimate of drug-likeness (QED) is 0.754. The Labute approximate surface area is 81.0 Å². The molecule has 0 saturated carbocycles. The molecule has 2 N–H and O–H groups in total. The van der Waals surface area contributed by atoms with Gasteiger partial charge in [-0.1, -0.05) is 42.7 Å². The molecule has 1 atom stereocenters. The Hall–Kier alpha value is -0.820. The fourth-order valence-corrected chi connectivity index (χ4v) is 1.70. The van der Waals surface area contributed by atoms with Crippen LogP contribution in [-0.2, 0) is 0 Å². The van der Waals surface area contributed by atoms with Crippen molar-refractivity contribution in [1.82, 2.24) is 0 Å². The predicted octanol–water partition coefficient (Wildman–Crippen LogP) is 3.10. The number of hydrogen-bond donors (Lipinski definition) is 1. The molecule has 1 rings (SSSR count). The third kappa shape index (κ3) is 2.85. The molecule has 0 aromatic heterocycles. The molecule has 0 unspecified atom stereocenters. The molecule has 13 heavy (non-hydrogen) atoms. The normalized spacial score (nSPS) is 12.9. The van der Waals surface area contributed by atoms with E-state index in [4.69, 9.17) is 5.73 Å². The molecule has 1 aromatic rings. The van der Waals surface area contributed by atoms with Gasteiger partial charge in [0.1, 0.15) is 0 Å². The molecule has 0 heterocycles. The van der Waals surface area contributed by atoms with Crippen LogP contribution in [0.2, 0.25) is 0 Å². The monoisotopic (exact) mass is 177 g/mol. The highest BCUT2D eigenvalue weighted by atomic mass is 14.6.